The van der Waals surface area contributed by atoms with Gasteiger partial charge in [-0.25, -0.2) is 14.6 Å². The molecule has 0 radical (unpaired) electrons. The van der Waals surface area contributed by atoms with Crippen LogP contribution in [0.2, 0.25) is 5.02 Å². The molecule has 14 heteroatoms. The third kappa shape index (κ3) is 4.65. The van der Waals surface area contributed by atoms with Crippen molar-refractivity contribution in [3.05, 3.63) is 57.8 Å². The van der Waals surface area contributed by atoms with Crippen molar-refractivity contribution < 1.29 is 27.5 Å². The Morgan fingerprint density at radius 3 is 2.74 bits per heavy atom. The van der Waals surface area contributed by atoms with E-state index in [2.05, 4.69) is 20.4 Å². The van der Waals surface area contributed by atoms with Gasteiger partial charge in [-0.05, 0) is 30.7 Å². The van der Waals surface area contributed by atoms with Crippen molar-refractivity contribution in [2.24, 2.45) is 5.73 Å². The normalized spacial score (nSPS) is 11.6. The fourth-order valence-electron chi connectivity index (χ4n) is 3.14. The van der Waals surface area contributed by atoms with Crippen LogP contribution in [0.25, 0.3) is 16.0 Å². The number of alkyl halides is 3. The Kier molecular flexibility index (Phi) is 6.15. The standard InChI is InChI=1S/C20H14ClF3N6O3S/c1-9-15(10(17(25)31)5-12-16(9)34-8-27-12)28-19(32)13-6-14(33-7-20(22,23)24)29-30(13)18-11(21)3-2-4-26-18/h2-6,8H,7H2,1H3,(H2,25,31)(H,28,32). The van der Waals surface area contributed by atoms with E-state index in [9.17, 15) is 22.8 Å². The molecule has 4 rings (SSSR count). The molecule has 0 saturated heterocycles. The number of aromatic nitrogens is 4. The number of benzene rings is 1. The summed E-state index contributed by atoms with van der Waals surface area (Å²) in [7, 11) is 0. The summed E-state index contributed by atoms with van der Waals surface area (Å²) in [5, 5.41) is 6.60. The molecule has 0 spiro atoms. The first-order chi connectivity index (χ1) is 16.0. The molecule has 0 aliphatic heterocycles. The number of nitrogens with two attached hydrogens (primary N) is 1. The van der Waals surface area contributed by atoms with Crippen LogP contribution in [-0.4, -0.2) is 44.3 Å². The summed E-state index contributed by atoms with van der Waals surface area (Å²) in [6.07, 6.45) is -3.25. The van der Waals surface area contributed by atoms with Crippen LogP contribution < -0.4 is 15.8 Å². The number of carbonyl (C=O) groups excluding carboxylic acids is 2. The Hall–Kier alpha value is -3.71. The van der Waals surface area contributed by atoms with Gasteiger partial charge in [-0.3, -0.25) is 9.59 Å². The van der Waals surface area contributed by atoms with E-state index in [1.807, 2.05) is 0 Å². The maximum Gasteiger partial charge on any atom is 0.422 e. The fourth-order valence-corrected chi connectivity index (χ4v) is 4.12. The molecule has 2 amide bonds. The summed E-state index contributed by atoms with van der Waals surface area (Å²) in [6, 6.07) is 5.46. The number of nitrogens with zero attached hydrogens (tertiary/aromatic N) is 4. The molecule has 0 unspecified atom stereocenters. The van der Waals surface area contributed by atoms with E-state index in [-0.39, 0.29) is 27.8 Å². The minimum atomic E-state index is -4.62. The van der Waals surface area contributed by atoms with E-state index in [1.165, 1.54) is 35.7 Å². The van der Waals surface area contributed by atoms with Crippen LogP contribution in [0.15, 0.2) is 36.0 Å². The number of amides is 2. The zero-order chi connectivity index (χ0) is 24.6. The first kappa shape index (κ1) is 23.4. The number of anilines is 1. The number of hydrogen-bond acceptors (Lipinski definition) is 7. The van der Waals surface area contributed by atoms with Crippen LogP contribution in [0.4, 0.5) is 18.9 Å². The van der Waals surface area contributed by atoms with Crippen LogP contribution >= 0.6 is 22.9 Å². The second-order valence-corrected chi connectivity index (χ2v) is 8.20. The topological polar surface area (TPSA) is 125 Å². The lowest BCUT2D eigenvalue weighted by atomic mass is 10.1. The van der Waals surface area contributed by atoms with E-state index in [0.717, 1.165) is 15.4 Å². The van der Waals surface area contributed by atoms with Gasteiger partial charge in [-0.1, -0.05) is 11.6 Å². The Balaban J connectivity index is 1.78. The van der Waals surface area contributed by atoms with Crippen LogP contribution in [-0.2, 0) is 0 Å². The molecule has 0 bridgehead atoms. The van der Waals surface area contributed by atoms with Crippen molar-refractivity contribution in [2.45, 2.75) is 13.1 Å². The molecule has 176 valence electrons. The maximum absolute atomic E-state index is 13.3. The van der Waals surface area contributed by atoms with Gasteiger partial charge in [0.25, 0.3) is 11.8 Å². The number of rotatable bonds is 6. The van der Waals surface area contributed by atoms with E-state index in [4.69, 9.17) is 22.1 Å². The summed E-state index contributed by atoms with van der Waals surface area (Å²) >= 11 is 7.46. The molecular weight excluding hydrogens is 497 g/mol. The van der Waals surface area contributed by atoms with Crippen molar-refractivity contribution in [1.29, 1.82) is 0 Å². The number of aryl methyl sites for hydroxylation is 1. The zero-order valence-electron chi connectivity index (χ0n) is 17.2. The lowest BCUT2D eigenvalue weighted by Gasteiger charge is -2.13. The molecule has 4 aromatic rings. The molecule has 3 heterocycles. The summed E-state index contributed by atoms with van der Waals surface area (Å²) in [5.41, 5.74) is 8.05. The minimum absolute atomic E-state index is 0.0130. The quantitative estimate of drug-likeness (QED) is 0.402. The number of hydrogen-bond donors (Lipinski definition) is 2. The van der Waals surface area contributed by atoms with E-state index in [0.29, 0.717) is 11.1 Å². The Morgan fingerprint density at radius 2 is 2.06 bits per heavy atom. The number of nitrogens with one attached hydrogen (secondary N) is 1. The highest BCUT2D eigenvalue weighted by molar-refractivity contribution is 7.17. The van der Waals surface area contributed by atoms with Crippen molar-refractivity contribution >= 4 is 50.7 Å². The summed E-state index contributed by atoms with van der Waals surface area (Å²) in [6.45, 7) is 0.0569. The van der Waals surface area contributed by atoms with E-state index in [1.54, 1.807) is 12.4 Å². The van der Waals surface area contributed by atoms with Crippen molar-refractivity contribution in [2.75, 3.05) is 11.9 Å². The lowest BCUT2D eigenvalue weighted by molar-refractivity contribution is -0.154. The Bertz CT molecular complexity index is 1420. The first-order valence-corrected chi connectivity index (χ1v) is 10.7. The molecule has 3 N–H and O–H groups in total. The SMILES string of the molecule is Cc1c(NC(=O)c2cc(OCC(F)(F)F)nn2-c2ncccc2Cl)c(C(N)=O)cc2ncsc12. The molecule has 0 aliphatic rings. The lowest BCUT2D eigenvalue weighted by Crippen LogP contribution is -2.21. The van der Waals surface area contributed by atoms with Crippen LogP contribution in [0.5, 0.6) is 5.88 Å². The smallest absolute Gasteiger partial charge is 0.422 e. The first-order valence-electron chi connectivity index (χ1n) is 9.43. The predicted molar refractivity (Wildman–Crippen MR) is 119 cm³/mol. The van der Waals surface area contributed by atoms with Gasteiger partial charge in [0.15, 0.2) is 12.4 Å². The molecule has 0 fully saturated rings. The van der Waals surface area contributed by atoms with Gasteiger partial charge in [0, 0.05) is 12.3 Å². The van der Waals surface area contributed by atoms with Crippen molar-refractivity contribution in [3.8, 4) is 11.7 Å². The van der Waals surface area contributed by atoms with Gasteiger partial charge >= 0.3 is 6.18 Å². The summed E-state index contributed by atoms with van der Waals surface area (Å²) in [5.74, 6) is -2.11. The molecule has 34 heavy (non-hydrogen) atoms. The number of halogens is 4. The van der Waals surface area contributed by atoms with Gasteiger partial charge in [-0.2, -0.15) is 13.2 Å². The molecule has 1 aromatic carbocycles. The predicted octanol–water partition coefficient (Wildman–Crippen LogP) is 4.13. The molecule has 0 aliphatic carbocycles. The Morgan fingerprint density at radius 1 is 1.29 bits per heavy atom. The molecule has 9 nitrogen and oxygen atoms in total. The number of ether oxygens (including phenoxy) is 1. The highest BCUT2D eigenvalue weighted by atomic mass is 35.5. The summed E-state index contributed by atoms with van der Waals surface area (Å²) < 4.78 is 44.2. The van der Waals surface area contributed by atoms with E-state index < -0.39 is 30.5 Å². The molecule has 3 aromatic heterocycles. The number of pyridine rings is 1. The second-order valence-electron chi connectivity index (χ2n) is 6.94. The van der Waals surface area contributed by atoms with Gasteiger partial charge in [0.2, 0.25) is 5.88 Å². The van der Waals surface area contributed by atoms with Crippen molar-refractivity contribution in [1.82, 2.24) is 19.7 Å². The minimum Gasteiger partial charge on any atom is -0.467 e. The van der Waals surface area contributed by atoms with Crippen LogP contribution in [0.3, 0.4) is 0 Å². The van der Waals surface area contributed by atoms with Gasteiger partial charge in [-0.15, -0.1) is 16.4 Å². The number of carbonyl (C=O) groups is 2. The number of fused-ring (bicyclic) bond motifs is 1. The monoisotopic (exact) mass is 510 g/mol. The van der Waals surface area contributed by atoms with Crippen LogP contribution in [0, 0.1) is 6.92 Å². The third-order valence-corrected chi connectivity index (χ3v) is 5.86. The second kappa shape index (κ2) is 8.91. The van der Waals surface area contributed by atoms with E-state index >= 15 is 0 Å². The average Bonchev–Trinajstić information content (AvgIpc) is 3.41. The van der Waals surface area contributed by atoms with Gasteiger partial charge in [0.1, 0.15) is 5.69 Å². The van der Waals surface area contributed by atoms with Gasteiger partial charge < -0.3 is 15.8 Å². The molecular formula is C20H14ClF3N6O3S. The average molecular weight is 511 g/mol. The fraction of sp³-hybridized carbons (Fsp3) is 0.150. The largest absolute Gasteiger partial charge is 0.467 e. The van der Waals surface area contributed by atoms with Crippen molar-refractivity contribution in [3.63, 3.8) is 0 Å². The number of primary amides is 1. The maximum atomic E-state index is 13.3. The third-order valence-electron chi connectivity index (χ3n) is 4.61. The van der Waals surface area contributed by atoms with Gasteiger partial charge in [0.05, 0.1) is 32.0 Å². The van der Waals surface area contributed by atoms with Crippen LogP contribution in [0.1, 0.15) is 26.4 Å². The molecule has 0 saturated carbocycles. The highest BCUT2D eigenvalue weighted by Gasteiger charge is 2.30. The Labute approximate surface area is 198 Å². The summed E-state index contributed by atoms with van der Waals surface area (Å²) in [4.78, 5) is 33.5. The molecule has 0 atom stereocenters. The number of thiazole rings is 1. The highest BCUT2D eigenvalue weighted by Crippen LogP contribution is 2.32. The zero-order valence-corrected chi connectivity index (χ0v) is 18.8.